The molecular formula is C15H22O. The van der Waals surface area contributed by atoms with Crippen molar-refractivity contribution in [1.29, 1.82) is 0 Å². The topological polar surface area (TPSA) is 20.2 Å². The second-order valence-electron chi connectivity index (χ2n) is 5.00. The van der Waals surface area contributed by atoms with Crippen LogP contribution in [0.4, 0.5) is 0 Å². The fraction of sp³-hybridized carbons (Fsp3) is 0.600. The van der Waals surface area contributed by atoms with E-state index in [0.29, 0.717) is 0 Å². The molecule has 1 unspecified atom stereocenters. The molecule has 1 heteroatoms. The minimum atomic E-state index is -0.552. The highest BCUT2D eigenvalue weighted by Gasteiger charge is 2.31. The van der Waals surface area contributed by atoms with E-state index in [2.05, 4.69) is 31.2 Å². The summed E-state index contributed by atoms with van der Waals surface area (Å²) in [5.41, 5.74) is 2.00. The van der Waals surface area contributed by atoms with E-state index in [1.165, 1.54) is 17.5 Å². The highest BCUT2D eigenvalue weighted by molar-refractivity contribution is 5.33. The van der Waals surface area contributed by atoms with Gasteiger partial charge in [0.1, 0.15) is 0 Å². The monoisotopic (exact) mass is 218 g/mol. The van der Waals surface area contributed by atoms with Crippen LogP contribution in [-0.4, -0.2) is 5.11 Å². The molecule has 1 aliphatic rings. The van der Waals surface area contributed by atoms with Gasteiger partial charge in [-0.1, -0.05) is 44.0 Å². The van der Waals surface area contributed by atoms with Crippen molar-refractivity contribution in [1.82, 2.24) is 0 Å². The molecule has 1 aromatic carbocycles. The number of aliphatic hydroxyl groups is 1. The Morgan fingerprint density at radius 3 is 2.88 bits per heavy atom. The Morgan fingerprint density at radius 2 is 2.06 bits per heavy atom. The lowest BCUT2D eigenvalue weighted by atomic mass is 9.84. The summed E-state index contributed by atoms with van der Waals surface area (Å²) in [6.07, 6.45) is 7.62. The van der Waals surface area contributed by atoms with Gasteiger partial charge in [0.05, 0.1) is 5.60 Å². The first kappa shape index (κ1) is 11.7. The normalized spacial score (nSPS) is 24.9. The summed E-state index contributed by atoms with van der Waals surface area (Å²) < 4.78 is 0. The van der Waals surface area contributed by atoms with E-state index in [1.807, 2.05) is 0 Å². The zero-order valence-electron chi connectivity index (χ0n) is 10.2. The smallest absolute Gasteiger partial charge is 0.0899 e. The zero-order valence-corrected chi connectivity index (χ0v) is 10.2. The van der Waals surface area contributed by atoms with Crippen LogP contribution in [0.25, 0.3) is 0 Å². The summed E-state index contributed by atoms with van der Waals surface area (Å²) in [6.45, 7) is 2.19. The molecule has 0 saturated heterocycles. The highest BCUT2D eigenvalue weighted by Crippen LogP contribution is 2.37. The molecule has 0 spiro atoms. The Kier molecular flexibility index (Phi) is 3.65. The third-order valence-corrected chi connectivity index (χ3v) is 3.75. The Balaban J connectivity index is 2.31. The Labute approximate surface area is 98.5 Å². The Hall–Kier alpha value is -0.820. The Morgan fingerprint density at radius 1 is 1.25 bits per heavy atom. The van der Waals surface area contributed by atoms with E-state index < -0.39 is 5.60 Å². The largest absolute Gasteiger partial charge is 0.385 e. The van der Waals surface area contributed by atoms with Crippen molar-refractivity contribution in [2.24, 2.45) is 0 Å². The highest BCUT2D eigenvalue weighted by atomic mass is 16.3. The lowest BCUT2D eigenvalue weighted by molar-refractivity contribution is 0.0158. The molecule has 0 fully saturated rings. The number of unbranched alkanes of at least 4 members (excludes halogenated alkanes) is 1. The standard InChI is InChI=1S/C15H22O/c1-2-3-11-15(16)12-7-6-9-13-8-4-5-10-14(13)15/h4-5,8,10,16H,2-3,6-7,9,11-12H2,1H3. The van der Waals surface area contributed by atoms with Crippen molar-refractivity contribution >= 4 is 0 Å². The molecule has 88 valence electrons. The van der Waals surface area contributed by atoms with Crippen LogP contribution in [0.1, 0.15) is 56.6 Å². The van der Waals surface area contributed by atoms with Crippen LogP contribution in [-0.2, 0) is 12.0 Å². The molecule has 16 heavy (non-hydrogen) atoms. The van der Waals surface area contributed by atoms with Gasteiger partial charge in [0.15, 0.2) is 0 Å². The predicted molar refractivity (Wildman–Crippen MR) is 67.4 cm³/mol. The SMILES string of the molecule is CCCCC1(O)CCCCc2ccccc21. The quantitative estimate of drug-likeness (QED) is 0.765. The first-order valence-corrected chi connectivity index (χ1v) is 6.57. The molecule has 0 aliphatic heterocycles. The van der Waals surface area contributed by atoms with Gasteiger partial charge in [-0.2, -0.15) is 0 Å². The van der Waals surface area contributed by atoms with Gasteiger partial charge in [-0.15, -0.1) is 0 Å². The minimum absolute atomic E-state index is 0.552. The van der Waals surface area contributed by atoms with Crippen LogP contribution >= 0.6 is 0 Å². The predicted octanol–water partition coefficient (Wildman–Crippen LogP) is 3.79. The van der Waals surface area contributed by atoms with Gasteiger partial charge in [0.25, 0.3) is 0 Å². The summed E-state index contributed by atoms with van der Waals surface area (Å²) >= 11 is 0. The molecule has 1 aromatic rings. The van der Waals surface area contributed by atoms with Crippen LogP contribution in [0.2, 0.25) is 0 Å². The molecule has 0 heterocycles. The van der Waals surface area contributed by atoms with E-state index >= 15 is 0 Å². The van der Waals surface area contributed by atoms with Gasteiger partial charge in [-0.05, 0) is 43.2 Å². The third-order valence-electron chi connectivity index (χ3n) is 3.75. The zero-order chi connectivity index (χ0) is 11.4. The summed E-state index contributed by atoms with van der Waals surface area (Å²) in [4.78, 5) is 0. The van der Waals surface area contributed by atoms with Gasteiger partial charge >= 0.3 is 0 Å². The maximum atomic E-state index is 10.8. The summed E-state index contributed by atoms with van der Waals surface area (Å²) in [5.74, 6) is 0. The number of hydrogen-bond donors (Lipinski definition) is 1. The van der Waals surface area contributed by atoms with Gasteiger partial charge in [0.2, 0.25) is 0 Å². The molecule has 0 aromatic heterocycles. The van der Waals surface area contributed by atoms with Gasteiger partial charge in [-0.25, -0.2) is 0 Å². The number of rotatable bonds is 3. The van der Waals surface area contributed by atoms with Gasteiger partial charge in [0, 0.05) is 0 Å². The lowest BCUT2D eigenvalue weighted by Gasteiger charge is -2.29. The maximum Gasteiger partial charge on any atom is 0.0899 e. The molecule has 0 amide bonds. The molecule has 1 atom stereocenters. The molecular weight excluding hydrogens is 196 g/mol. The number of benzene rings is 1. The molecule has 0 saturated carbocycles. The molecule has 2 rings (SSSR count). The van der Waals surface area contributed by atoms with E-state index in [9.17, 15) is 5.11 Å². The first-order valence-electron chi connectivity index (χ1n) is 6.57. The fourth-order valence-electron chi connectivity index (χ4n) is 2.79. The van der Waals surface area contributed by atoms with Crippen molar-refractivity contribution < 1.29 is 5.11 Å². The minimum Gasteiger partial charge on any atom is -0.385 e. The number of fused-ring (bicyclic) bond motifs is 1. The van der Waals surface area contributed by atoms with Crippen molar-refractivity contribution in [3.8, 4) is 0 Å². The second-order valence-corrected chi connectivity index (χ2v) is 5.00. The third kappa shape index (κ3) is 2.30. The average molecular weight is 218 g/mol. The van der Waals surface area contributed by atoms with E-state index in [1.54, 1.807) is 0 Å². The molecule has 1 N–H and O–H groups in total. The Bertz CT molecular complexity index is 345. The molecule has 1 aliphatic carbocycles. The molecule has 0 radical (unpaired) electrons. The summed E-state index contributed by atoms with van der Waals surface area (Å²) in [6, 6.07) is 8.44. The average Bonchev–Trinajstić information content (AvgIpc) is 2.48. The van der Waals surface area contributed by atoms with E-state index in [4.69, 9.17) is 0 Å². The number of hydrogen-bond acceptors (Lipinski definition) is 1. The van der Waals surface area contributed by atoms with Crippen molar-refractivity contribution in [3.63, 3.8) is 0 Å². The fourth-order valence-corrected chi connectivity index (χ4v) is 2.79. The van der Waals surface area contributed by atoms with Crippen LogP contribution in [0, 0.1) is 0 Å². The first-order chi connectivity index (χ1) is 7.76. The summed E-state index contributed by atoms with van der Waals surface area (Å²) in [7, 11) is 0. The maximum absolute atomic E-state index is 10.8. The second kappa shape index (κ2) is 5.01. The van der Waals surface area contributed by atoms with Crippen LogP contribution < -0.4 is 0 Å². The van der Waals surface area contributed by atoms with Gasteiger partial charge < -0.3 is 5.11 Å². The van der Waals surface area contributed by atoms with E-state index in [-0.39, 0.29) is 0 Å². The summed E-state index contributed by atoms with van der Waals surface area (Å²) in [5, 5.41) is 10.8. The number of aryl methyl sites for hydroxylation is 1. The van der Waals surface area contributed by atoms with Crippen molar-refractivity contribution in [3.05, 3.63) is 35.4 Å². The van der Waals surface area contributed by atoms with E-state index in [0.717, 1.165) is 38.5 Å². The molecule has 1 nitrogen and oxygen atoms in total. The van der Waals surface area contributed by atoms with Gasteiger partial charge in [-0.3, -0.25) is 0 Å². The van der Waals surface area contributed by atoms with Crippen molar-refractivity contribution in [2.45, 2.75) is 57.5 Å². The van der Waals surface area contributed by atoms with Crippen LogP contribution in [0.15, 0.2) is 24.3 Å². The van der Waals surface area contributed by atoms with Crippen molar-refractivity contribution in [2.75, 3.05) is 0 Å². The van der Waals surface area contributed by atoms with Crippen LogP contribution in [0.5, 0.6) is 0 Å². The van der Waals surface area contributed by atoms with Crippen LogP contribution in [0.3, 0.4) is 0 Å². The lowest BCUT2D eigenvalue weighted by Crippen LogP contribution is -2.25. The molecule has 0 bridgehead atoms.